The van der Waals surface area contributed by atoms with Gasteiger partial charge in [0, 0.05) is 11.8 Å². The molecule has 4 nitrogen and oxygen atoms in total. The van der Waals surface area contributed by atoms with Gasteiger partial charge in [0.2, 0.25) is 0 Å². The third kappa shape index (κ3) is 4.06. The Balaban J connectivity index is 2.14. The van der Waals surface area contributed by atoms with Crippen LogP contribution in [0, 0.1) is 5.82 Å². The van der Waals surface area contributed by atoms with Gasteiger partial charge in [-0.25, -0.2) is 9.37 Å². The predicted octanol–water partition coefficient (Wildman–Crippen LogP) is 3.40. The second kappa shape index (κ2) is 5.96. The van der Waals surface area contributed by atoms with E-state index in [1.165, 1.54) is 24.4 Å². The Hall–Kier alpha value is -2.35. The van der Waals surface area contributed by atoms with Crippen molar-refractivity contribution in [3.8, 4) is 17.4 Å². The van der Waals surface area contributed by atoms with E-state index in [-0.39, 0.29) is 17.2 Å². The number of benzene rings is 1. The fourth-order valence-corrected chi connectivity index (χ4v) is 1.48. The van der Waals surface area contributed by atoms with E-state index in [0.29, 0.717) is 0 Å². The van der Waals surface area contributed by atoms with Gasteiger partial charge >= 0.3 is 6.36 Å². The molecule has 0 spiro atoms. The zero-order chi connectivity index (χ0) is 15.5. The summed E-state index contributed by atoms with van der Waals surface area (Å²) in [5, 5.41) is 8.91. The first-order chi connectivity index (χ1) is 9.89. The molecule has 21 heavy (non-hydrogen) atoms. The first-order valence-corrected chi connectivity index (χ1v) is 5.67. The summed E-state index contributed by atoms with van der Waals surface area (Å²) in [6.07, 6.45) is -3.55. The summed E-state index contributed by atoms with van der Waals surface area (Å²) in [6.45, 7) is -0.525. The number of ether oxygens (including phenoxy) is 2. The molecule has 0 atom stereocenters. The second-order valence-corrected chi connectivity index (χ2v) is 3.87. The SMILES string of the molecule is OCc1ccnc(Oc2ccc(OC(F)(F)F)cc2)c1F. The van der Waals surface area contributed by atoms with Gasteiger partial charge < -0.3 is 14.6 Å². The Labute approximate surface area is 116 Å². The molecule has 1 heterocycles. The lowest BCUT2D eigenvalue weighted by molar-refractivity contribution is -0.274. The molecule has 2 aromatic rings. The third-order valence-electron chi connectivity index (χ3n) is 2.38. The van der Waals surface area contributed by atoms with Crippen LogP contribution >= 0.6 is 0 Å². The molecule has 1 aromatic carbocycles. The molecule has 0 unspecified atom stereocenters. The maximum atomic E-state index is 13.7. The zero-order valence-electron chi connectivity index (χ0n) is 10.4. The maximum absolute atomic E-state index is 13.7. The number of aliphatic hydroxyl groups excluding tert-OH is 1. The van der Waals surface area contributed by atoms with Gasteiger partial charge in [0.15, 0.2) is 5.82 Å². The number of alkyl halides is 3. The zero-order valence-corrected chi connectivity index (χ0v) is 10.4. The van der Waals surface area contributed by atoms with E-state index in [1.54, 1.807) is 0 Å². The van der Waals surface area contributed by atoms with Crippen LogP contribution in [0.5, 0.6) is 17.4 Å². The lowest BCUT2D eigenvalue weighted by Crippen LogP contribution is -2.16. The van der Waals surface area contributed by atoms with Crippen molar-refractivity contribution >= 4 is 0 Å². The molecular weight excluding hydrogens is 294 g/mol. The number of aliphatic hydroxyl groups is 1. The summed E-state index contributed by atoms with van der Waals surface area (Å²) in [5.74, 6) is -1.57. The normalized spacial score (nSPS) is 11.3. The lowest BCUT2D eigenvalue weighted by atomic mass is 10.2. The lowest BCUT2D eigenvalue weighted by Gasteiger charge is -2.10. The van der Waals surface area contributed by atoms with Crippen LogP contribution < -0.4 is 9.47 Å². The Morgan fingerprint density at radius 3 is 2.24 bits per heavy atom. The van der Waals surface area contributed by atoms with Crippen molar-refractivity contribution in [2.75, 3.05) is 0 Å². The average Bonchev–Trinajstić information content (AvgIpc) is 2.42. The van der Waals surface area contributed by atoms with Crippen LogP contribution in [-0.2, 0) is 6.61 Å². The predicted molar refractivity (Wildman–Crippen MR) is 63.3 cm³/mol. The van der Waals surface area contributed by atoms with Crippen molar-refractivity contribution in [1.82, 2.24) is 4.98 Å². The molecule has 0 aliphatic rings. The van der Waals surface area contributed by atoms with Crippen molar-refractivity contribution in [2.45, 2.75) is 13.0 Å². The number of hydrogen-bond acceptors (Lipinski definition) is 4. The average molecular weight is 303 g/mol. The van der Waals surface area contributed by atoms with E-state index in [4.69, 9.17) is 9.84 Å². The van der Waals surface area contributed by atoms with Crippen LogP contribution in [0.15, 0.2) is 36.5 Å². The highest BCUT2D eigenvalue weighted by atomic mass is 19.4. The molecule has 8 heteroatoms. The molecular formula is C13H9F4NO3. The summed E-state index contributed by atoms with van der Waals surface area (Å²) >= 11 is 0. The molecule has 0 bridgehead atoms. The summed E-state index contributed by atoms with van der Waals surface area (Å²) in [6, 6.07) is 5.68. The molecule has 0 aliphatic heterocycles. The Kier molecular flexibility index (Phi) is 4.27. The van der Waals surface area contributed by atoms with E-state index in [0.717, 1.165) is 12.1 Å². The van der Waals surface area contributed by atoms with E-state index in [9.17, 15) is 17.6 Å². The van der Waals surface area contributed by atoms with Crippen LogP contribution in [0.2, 0.25) is 0 Å². The van der Waals surface area contributed by atoms with Gasteiger partial charge in [0.05, 0.1) is 6.61 Å². The van der Waals surface area contributed by atoms with Crippen LogP contribution in [-0.4, -0.2) is 16.5 Å². The Bertz CT molecular complexity index is 614. The number of pyridine rings is 1. The molecule has 1 N–H and O–H groups in total. The summed E-state index contributed by atoms with van der Waals surface area (Å²) in [4.78, 5) is 3.64. The quantitative estimate of drug-likeness (QED) is 0.880. The Morgan fingerprint density at radius 1 is 1.05 bits per heavy atom. The number of nitrogens with zero attached hydrogens (tertiary/aromatic N) is 1. The first kappa shape index (κ1) is 15.0. The molecule has 2 rings (SSSR count). The van der Waals surface area contributed by atoms with Crippen LogP contribution in [0.3, 0.4) is 0 Å². The Morgan fingerprint density at radius 2 is 1.67 bits per heavy atom. The highest BCUT2D eigenvalue weighted by Crippen LogP contribution is 2.28. The van der Waals surface area contributed by atoms with E-state index < -0.39 is 24.5 Å². The van der Waals surface area contributed by atoms with Crippen LogP contribution in [0.25, 0.3) is 0 Å². The van der Waals surface area contributed by atoms with Gasteiger partial charge in [-0.3, -0.25) is 0 Å². The monoisotopic (exact) mass is 303 g/mol. The summed E-state index contributed by atoms with van der Waals surface area (Å²) in [7, 11) is 0. The molecule has 112 valence electrons. The second-order valence-electron chi connectivity index (χ2n) is 3.87. The minimum Gasteiger partial charge on any atom is -0.436 e. The van der Waals surface area contributed by atoms with E-state index in [1.807, 2.05) is 0 Å². The standard InChI is InChI=1S/C13H9F4NO3/c14-11-8(7-19)5-6-18-12(11)20-9-1-3-10(4-2-9)21-13(15,16)17/h1-6,19H,7H2. The minimum atomic E-state index is -4.79. The number of halogens is 4. The van der Waals surface area contributed by atoms with Gasteiger partial charge in [-0.05, 0) is 30.3 Å². The minimum absolute atomic E-state index is 0.00275. The van der Waals surface area contributed by atoms with Crippen molar-refractivity contribution < 1.29 is 32.1 Å². The fraction of sp³-hybridized carbons (Fsp3) is 0.154. The smallest absolute Gasteiger partial charge is 0.436 e. The molecule has 0 fully saturated rings. The molecule has 0 saturated heterocycles. The van der Waals surface area contributed by atoms with Crippen molar-refractivity contribution in [1.29, 1.82) is 0 Å². The molecule has 0 saturated carbocycles. The molecule has 0 radical (unpaired) electrons. The number of hydrogen-bond donors (Lipinski definition) is 1. The third-order valence-corrected chi connectivity index (χ3v) is 2.38. The van der Waals surface area contributed by atoms with E-state index in [2.05, 4.69) is 9.72 Å². The highest BCUT2D eigenvalue weighted by Gasteiger charge is 2.31. The van der Waals surface area contributed by atoms with Crippen LogP contribution in [0.1, 0.15) is 5.56 Å². The number of aromatic nitrogens is 1. The summed E-state index contributed by atoms with van der Waals surface area (Å²) < 4.78 is 58.5. The topological polar surface area (TPSA) is 51.6 Å². The fourth-order valence-electron chi connectivity index (χ4n) is 1.48. The van der Waals surface area contributed by atoms with Crippen molar-refractivity contribution in [2.24, 2.45) is 0 Å². The molecule has 0 amide bonds. The van der Waals surface area contributed by atoms with Crippen molar-refractivity contribution in [3.63, 3.8) is 0 Å². The van der Waals surface area contributed by atoms with Gasteiger partial charge in [-0.1, -0.05) is 0 Å². The van der Waals surface area contributed by atoms with Gasteiger partial charge in [-0.2, -0.15) is 0 Å². The highest BCUT2D eigenvalue weighted by molar-refractivity contribution is 5.34. The maximum Gasteiger partial charge on any atom is 0.573 e. The largest absolute Gasteiger partial charge is 0.573 e. The van der Waals surface area contributed by atoms with Crippen LogP contribution in [0.4, 0.5) is 17.6 Å². The van der Waals surface area contributed by atoms with Crippen molar-refractivity contribution in [3.05, 3.63) is 47.9 Å². The van der Waals surface area contributed by atoms with Gasteiger partial charge in [0.1, 0.15) is 11.5 Å². The molecule has 1 aromatic heterocycles. The van der Waals surface area contributed by atoms with Gasteiger partial charge in [-0.15, -0.1) is 13.2 Å². The first-order valence-electron chi connectivity index (χ1n) is 5.67. The molecule has 0 aliphatic carbocycles. The van der Waals surface area contributed by atoms with E-state index >= 15 is 0 Å². The summed E-state index contributed by atoms with van der Waals surface area (Å²) in [5.41, 5.74) is -0.00275. The van der Waals surface area contributed by atoms with Gasteiger partial charge in [0.25, 0.3) is 5.88 Å². The number of rotatable bonds is 4.